The van der Waals surface area contributed by atoms with Crippen LogP contribution in [0.25, 0.3) is 16.5 Å². The Morgan fingerprint density at radius 3 is 2.60 bits per heavy atom. The van der Waals surface area contributed by atoms with Gasteiger partial charge in [-0.1, -0.05) is 54.1 Å². The van der Waals surface area contributed by atoms with Crippen LogP contribution in [-0.2, 0) is 4.79 Å². The number of rotatable bonds is 3. The lowest BCUT2D eigenvalue weighted by molar-refractivity contribution is -0.116. The molecule has 5 rings (SSSR count). The molecule has 3 aromatic carbocycles. The van der Waals surface area contributed by atoms with Crippen LogP contribution in [-0.4, -0.2) is 21.5 Å². The maximum atomic E-state index is 13.6. The van der Waals surface area contributed by atoms with Crippen molar-refractivity contribution in [2.24, 2.45) is 0 Å². The van der Waals surface area contributed by atoms with Gasteiger partial charge in [0.1, 0.15) is 5.82 Å². The van der Waals surface area contributed by atoms with Crippen LogP contribution in [0.15, 0.2) is 66.7 Å². The van der Waals surface area contributed by atoms with Crippen molar-refractivity contribution in [2.75, 3.05) is 5.32 Å². The predicted octanol–water partition coefficient (Wildman–Crippen LogP) is 5.30. The molecule has 1 aromatic heterocycles. The zero-order valence-electron chi connectivity index (χ0n) is 16.2. The van der Waals surface area contributed by atoms with Crippen LogP contribution in [0.1, 0.15) is 34.0 Å². The number of carbonyl (C=O) groups is 2. The third-order valence-corrected chi connectivity index (χ3v) is 5.80. The number of benzene rings is 3. The van der Waals surface area contributed by atoms with Gasteiger partial charge in [-0.15, -0.1) is 0 Å². The quantitative estimate of drug-likeness (QED) is 0.462. The largest absolute Gasteiger partial charge is 0.310 e. The van der Waals surface area contributed by atoms with Crippen molar-refractivity contribution in [1.82, 2.24) is 9.78 Å². The average molecular weight is 416 g/mol. The average Bonchev–Trinajstić information content (AvgIpc) is 3.09. The van der Waals surface area contributed by atoms with Crippen LogP contribution < -0.4 is 5.32 Å². The van der Waals surface area contributed by atoms with Crippen LogP contribution in [0.2, 0.25) is 5.02 Å². The Balaban J connectivity index is 1.64. The fraction of sp³-hybridized carbons (Fsp3) is 0.125. The molecule has 6 heteroatoms. The first-order valence-corrected chi connectivity index (χ1v) is 10.1. The van der Waals surface area contributed by atoms with E-state index in [1.165, 1.54) is 0 Å². The van der Waals surface area contributed by atoms with Crippen LogP contribution >= 0.6 is 11.6 Å². The smallest absolute Gasteiger partial charge is 0.226 e. The van der Waals surface area contributed by atoms with E-state index in [1.807, 2.05) is 61.5 Å². The minimum atomic E-state index is -0.583. The number of nitrogens with zero attached hydrogens (tertiary/aromatic N) is 2. The molecule has 0 saturated carbocycles. The maximum absolute atomic E-state index is 13.6. The van der Waals surface area contributed by atoms with Crippen LogP contribution in [0.3, 0.4) is 0 Å². The second kappa shape index (κ2) is 7.11. The molecule has 1 atom stereocenters. The maximum Gasteiger partial charge on any atom is 0.226 e. The molecule has 4 aromatic rings. The molecule has 0 fully saturated rings. The summed E-state index contributed by atoms with van der Waals surface area (Å²) in [6.07, 6.45) is 0.0994. The Hall–Kier alpha value is -3.44. The number of hydrogen-bond acceptors (Lipinski definition) is 3. The molecule has 1 N–H and O–H groups in total. The molecular weight excluding hydrogens is 398 g/mol. The number of fused-ring (bicyclic) bond motifs is 2. The molecular formula is C24H18ClN3O2. The van der Waals surface area contributed by atoms with Crippen LogP contribution in [0.4, 0.5) is 5.82 Å². The zero-order valence-corrected chi connectivity index (χ0v) is 17.0. The van der Waals surface area contributed by atoms with E-state index in [2.05, 4.69) is 10.4 Å². The molecule has 0 aliphatic carbocycles. The number of anilines is 1. The SMILES string of the molecule is Cc1nn(-c2ccc(Cl)cc2)c2c1[C@@H](C(=O)c1cccc3ccccc13)CC(=O)N2. The van der Waals surface area contributed by atoms with Gasteiger partial charge in [-0.2, -0.15) is 5.10 Å². The number of carbonyl (C=O) groups excluding carboxylic acids is 2. The van der Waals surface area contributed by atoms with E-state index in [0.29, 0.717) is 16.4 Å². The predicted molar refractivity (Wildman–Crippen MR) is 118 cm³/mol. The van der Waals surface area contributed by atoms with E-state index in [4.69, 9.17) is 11.6 Å². The van der Waals surface area contributed by atoms with Crippen molar-refractivity contribution in [3.05, 3.63) is 88.6 Å². The molecule has 0 unspecified atom stereocenters. The first-order valence-electron chi connectivity index (χ1n) is 9.70. The lowest BCUT2D eigenvalue weighted by atomic mass is 9.84. The summed E-state index contributed by atoms with van der Waals surface area (Å²) in [6.45, 7) is 1.87. The summed E-state index contributed by atoms with van der Waals surface area (Å²) in [6, 6.07) is 20.7. The minimum Gasteiger partial charge on any atom is -0.310 e. The van der Waals surface area contributed by atoms with Crippen molar-refractivity contribution < 1.29 is 9.59 Å². The highest BCUT2D eigenvalue weighted by Crippen LogP contribution is 2.39. The number of hydrogen-bond donors (Lipinski definition) is 1. The summed E-state index contributed by atoms with van der Waals surface area (Å²) in [5.41, 5.74) is 2.88. The van der Waals surface area contributed by atoms with Gasteiger partial charge in [-0.3, -0.25) is 9.59 Å². The molecule has 0 radical (unpaired) electrons. The van der Waals surface area contributed by atoms with Crippen molar-refractivity contribution in [3.63, 3.8) is 0 Å². The van der Waals surface area contributed by atoms with Gasteiger partial charge in [0.2, 0.25) is 5.91 Å². The molecule has 148 valence electrons. The number of Topliss-reactive ketones (excluding diaryl/α,β-unsaturated/α-hetero) is 1. The van der Waals surface area contributed by atoms with Gasteiger partial charge in [0.05, 0.1) is 17.3 Å². The summed E-state index contributed by atoms with van der Waals surface area (Å²) in [5.74, 6) is -0.303. The first kappa shape index (κ1) is 18.6. The van der Waals surface area contributed by atoms with E-state index >= 15 is 0 Å². The van der Waals surface area contributed by atoms with Crippen molar-refractivity contribution in [2.45, 2.75) is 19.3 Å². The van der Waals surface area contributed by atoms with E-state index in [1.54, 1.807) is 16.8 Å². The number of aryl methyl sites for hydroxylation is 1. The van der Waals surface area contributed by atoms with Gasteiger partial charge in [0.15, 0.2) is 5.78 Å². The molecule has 1 amide bonds. The highest BCUT2D eigenvalue weighted by atomic mass is 35.5. The van der Waals surface area contributed by atoms with Crippen molar-refractivity contribution >= 4 is 39.9 Å². The molecule has 0 spiro atoms. The highest BCUT2D eigenvalue weighted by molar-refractivity contribution is 6.30. The number of aromatic nitrogens is 2. The molecule has 1 aliphatic rings. The van der Waals surface area contributed by atoms with E-state index in [-0.39, 0.29) is 18.1 Å². The first-order chi connectivity index (χ1) is 14.5. The molecule has 0 bridgehead atoms. The Bertz CT molecular complexity index is 1300. The number of halogens is 1. The van der Waals surface area contributed by atoms with Crippen LogP contribution in [0, 0.1) is 6.92 Å². The summed E-state index contributed by atoms with van der Waals surface area (Å²) in [5, 5.41) is 10.0. The van der Waals surface area contributed by atoms with Gasteiger partial charge in [0, 0.05) is 22.6 Å². The van der Waals surface area contributed by atoms with Gasteiger partial charge in [-0.25, -0.2) is 4.68 Å². The second-order valence-electron chi connectivity index (χ2n) is 7.43. The summed E-state index contributed by atoms with van der Waals surface area (Å²) >= 11 is 6.01. The Labute approximate surface area is 178 Å². The van der Waals surface area contributed by atoms with Crippen LogP contribution in [0.5, 0.6) is 0 Å². The molecule has 5 nitrogen and oxygen atoms in total. The van der Waals surface area contributed by atoms with Crippen molar-refractivity contribution in [1.29, 1.82) is 0 Å². The van der Waals surface area contributed by atoms with Gasteiger partial charge in [0.25, 0.3) is 0 Å². The van der Waals surface area contributed by atoms with E-state index in [9.17, 15) is 9.59 Å². The second-order valence-corrected chi connectivity index (χ2v) is 7.87. The summed E-state index contributed by atoms with van der Waals surface area (Å²) in [7, 11) is 0. The topological polar surface area (TPSA) is 64.0 Å². The van der Waals surface area contributed by atoms with Gasteiger partial charge in [-0.05, 0) is 42.0 Å². The third kappa shape index (κ3) is 2.99. The fourth-order valence-corrected chi connectivity index (χ4v) is 4.29. The molecule has 0 saturated heterocycles. The lowest BCUT2D eigenvalue weighted by Crippen LogP contribution is -2.28. The fourth-order valence-electron chi connectivity index (χ4n) is 4.17. The lowest BCUT2D eigenvalue weighted by Gasteiger charge is -2.23. The number of ketones is 1. The standard InChI is InChI=1S/C24H18ClN3O2/c1-14-22-20(23(30)19-8-4-6-15-5-2-3-7-18(15)19)13-21(29)26-24(22)28(27-14)17-11-9-16(25)10-12-17/h2-12,20H,13H2,1H3,(H,26,29)/t20-/m0/s1. The highest BCUT2D eigenvalue weighted by Gasteiger charge is 2.36. The summed E-state index contributed by atoms with van der Waals surface area (Å²) < 4.78 is 1.67. The number of nitrogens with one attached hydrogen (secondary N) is 1. The Morgan fingerprint density at radius 1 is 1.07 bits per heavy atom. The zero-order chi connectivity index (χ0) is 20.8. The Morgan fingerprint density at radius 2 is 1.80 bits per heavy atom. The Kier molecular flexibility index (Phi) is 4.40. The van der Waals surface area contributed by atoms with Gasteiger partial charge < -0.3 is 5.32 Å². The molecule has 30 heavy (non-hydrogen) atoms. The minimum absolute atomic E-state index is 0.0679. The molecule has 1 aliphatic heterocycles. The van der Waals surface area contributed by atoms with Crippen molar-refractivity contribution in [3.8, 4) is 5.69 Å². The number of amides is 1. The van der Waals surface area contributed by atoms with E-state index in [0.717, 1.165) is 27.7 Å². The van der Waals surface area contributed by atoms with E-state index < -0.39 is 5.92 Å². The normalized spacial score (nSPS) is 15.7. The third-order valence-electron chi connectivity index (χ3n) is 5.55. The summed E-state index contributed by atoms with van der Waals surface area (Å²) in [4.78, 5) is 26.2. The van der Waals surface area contributed by atoms with Gasteiger partial charge >= 0.3 is 0 Å². The monoisotopic (exact) mass is 415 g/mol. The molecule has 2 heterocycles.